The van der Waals surface area contributed by atoms with Gasteiger partial charge in [0.25, 0.3) is 0 Å². The Labute approximate surface area is 106 Å². The molecule has 1 saturated heterocycles. The maximum atomic E-state index is 10.1. The lowest BCUT2D eigenvalue weighted by molar-refractivity contribution is 0.0639. The van der Waals surface area contributed by atoms with Crippen LogP contribution in [0.25, 0.3) is 0 Å². The van der Waals surface area contributed by atoms with Gasteiger partial charge in [-0.25, -0.2) is 0 Å². The maximum Gasteiger partial charge on any atom is 0.0571 e. The molecule has 1 aliphatic heterocycles. The quantitative estimate of drug-likeness (QED) is 0.764. The number of nitrogens with zero attached hydrogens (tertiary/aromatic N) is 1. The van der Waals surface area contributed by atoms with Gasteiger partial charge in [-0.05, 0) is 58.4 Å². The van der Waals surface area contributed by atoms with E-state index in [2.05, 4.69) is 31.1 Å². The summed E-state index contributed by atoms with van der Waals surface area (Å²) in [5.74, 6) is 1.29. The second-order valence-corrected chi connectivity index (χ2v) is 6.28. The van der Waals surface area contributed by atoms with Crippen LogP contribution in [0.2, 0.25) is 0 Å². The fourth-order valence-corrected chi connectivity index (χ4v) is 3.06. The van der Waals surface area contributed by atoms with Crippen LogP contribution in [0.5, 0.6) is 0 Å². The zero-order valence-electron chi connectivity index (χ0n) is 11.5. The van der Waals surface area contributed by atoms with Crippen molar-refractivity contribution >= 4 is 0 Å². The molecule has 3 heteroatoms. The number of hydrogen-bond acceptors (Lipinski definition) is 3. The van der Waals surface area contributed by atoms with Crippen LogP contribution in [-0.2, 0) is 0 Å². The summed E-state index contributed by atoms with van der Waals surface area (Å²) in [5.41, 5.74) is 0. The number of nitrogens with one attached hydrogen (secondary N) is 1. The Bertz CT molecular complexity index is 238. The summed E-state index contributed by atoms with van der Waals surface area (Å²) in [4.78, 5) is 2.55. The van der Waals surface area contributed by atoms with Crippen LogP contribution in [0, 0.1) is 11.8 Å². The van der Waals surface area contributed by atoms with E-state index in [0.717, 1.165) is 13.0 Å². The van der Waals surface area contributed by atoms with Crippen molar-refractivity contribution in [3.8, 4) is 0 Å². The van der Waals surface area contributed by atoms with Crippen molar-refractivity contribution in [2.75, 3.05) is 20.1 Å². The molecule has 0 amide bonds. The van der Waals surface area contributed by atoms with Crippen LogP contribution in [0.15, 0.2) is 0 Å². The molecule has 0 aromatic heterocycles. The van der Waals surface area contributed by atoms with Crippen LogP contribution < -0.4 is 5.32 Å². The standard InChI is InChI=1S/C14H28N2O/c1-10(2)16-8-11(6-13(9-16)15-3)7-14(17)12-4-5-12/h10-15,17H,4-9H2,1-3H3. The molecule has 2 N–H and O–H groups in total. The number of likely N-dealkylation sites (N-methyl/N-ethyl adjacent to an activating group) is 1. The van der Waals surface area contributed by atoms with E-state index >= 15 is 0 Å². The highest BCUT2D eigenvalue weighted by molar-refractivity contribution is 4.88. The summed E-state index contributed by atoms with van der Waals surface area (Å²) in [6, 6.07) is 1.22. The van der Waals surface area contributed by atoms with Crippen molar-refractivity contribution in [3.63, 3.8) is 0 Å². The van der Waals surface area contributed by atoms with E-state index in [1.807, 2.05) is 0 Å². The van der Waals surface area contributed by atoms with Gasteiger partial charge in [0.2, 0.25) is 0 Å². The van der Waals surface area contributed by atoms with Crippen LogP contribution in [-0.4, -0.2) is 48.3 Å². The Morgan fingerprint density at radius 2 is 2.00 bits per heavy atom. The fraction of sp³-hybridized carbons (Fsp3) is 1.00. The molecule has 0 aromatic rings. The van der Waals surface area contributed by atoms with E-state index in [1.165, 1.54) is 25.8 Å². The Morgan fingerprint density at radius 3 is 2.53 bits per heavy atom. The van der Waals surface area contributed by atoms with E-state index in [4.69, 9.17) is 0 Å². The van der Waals surface area contributed by atoms with Gasteiger partial charge in [-0.1, -0.05) is 0 Å². The molecule has 2 fully saturated rings. The maximum absolute atomic E-state index is 10.1. The van der Waals surface area contributed by atoms with Crippen molar-refractivity contribution in [1.29, 1.82) is 0 Å². The van der Waals surface area contributed by atoms with Gasteiger partial charge >= 0.3 is 0 Å². The van der Waals surface area contributed by atoms with Gasteiger partial charge in [-0.3, -0.25) is 4.90 Å². The number of hydrogen-bond donors (Lipinski definition) is 2. The molecular weight excluding hydrogens is 212 g/mol. The lowest BCUT2D eigenvalue weighted by atomic mass is 9.88. The predicted octanol–water partition coefficient (Wildman–Crippen LogP) is 1.47. The molecule has 3 unspecified atom stereocenters. The summed E-state index contributed by atoms with van der Waals surface area (Å²) in [6.45, 7) is 6.86. The number of likely N-dealkylation sites (tertiary alicyclic amines) is 1. The lowest BCUT2D eigenvalue weighted by Crippen LogP contribution is -2.51. The highest BCUT2D eigenvalue weighted by Gasteiger charge is 2.34. The third-order valence-electron chi connectivity index (χ3n) is 4.44. The van der Waals surface area contributed by atoms with Gasteiger partial charge in [0.05, 0.1) is 6.10 Å². The monoisotopic (exact) mass is 240 g/mol. The Morgan fingerprint density at radius 1 is 1.29 bits per heavy atom. The van der Waals surface area contributed by atoms with Crippen LogP contribution in [0.4, 0.5) is 0 Å². The fourth-order valence-electron chi connectivity index (χ4n) is 3.06. The topological polar surface area (TPSA) is 35.5 Å². The van der Waals surface area contributed by atoms with E-state index in [1.54, 1.807) is 0 Å². The van der Waals surface area contributed by atoms with Gasteiger partial charge in [0, 0.05) is 25.2 Å². The van der Waals surface area contributed by atoms with Gasteiger partial charge in [-0.2, -0.15) is 0 Å². The van der Waals surface area contributed by atoms with Crippen molar-refractivity contribution in [2.45, 2.75) is 57.7 Å². The molecule has 17 heavy (non-hydrogen) atoms. The predicted molar refractivity (Wildman–Crippen MR) is 71.0 cm³/mol. The van der Waals surface area contributed by atoms with Crippen molar-refractivity contribution < 1.29 is 5.11 Å². The molecular formula is C14H28N2O. The Balaban J connectivity index is 1.86. The molecule has 1 aliphatic carbocycles. The summed E-state index contributed by atoms with van der Waals surface area (Å²) in [6.07, 6.45) is 4.69. The minimum absolute atomic E-state index is 0.0374. The summed E-state index contributed by atoms with van der Waals surface area (Å²) in [5, 5.41) is 13.5. The molecule has 0 aromatic carbocycles. The minimum Gasteiger partial charge on any atom is -0.393 e. The van der Waals surface area contributed by atoms with Crippen molar-refractivity contribution in [1.82, 2.24) is 10.2 Å². The molecule has 2 aliphatic rings. The highest BCUT2D eigenvalue weighted by atomic mass is 16.3. The first-order valence-electron chi connectivity index (χ1n) is 7.19. The molecule has 100 valence electrons. The van der Waals surface area contributed by atoms with Crippen LogP contribution in [0.3, 0.4) is 0 Å². The summed E-state index contributed by atoms with van der Waals surface area (Å²) in [7, 11) is 2.06. The second kappa shape index (κ2) is 5.68. The molecule has 2 rings (SSSR count). The molecule has 3 nitrogen and oxygen atoms in total. The largest absolute Gasteiger partial charge is 0.393 e. The number of piperidine rings is 1. The van der Waals surface area contributed by atoms with E-state index in [0.29, 0.717) is 23.9 Å². The Kier molecular flexibility index (Phi) is 4.45. The first-order chi connectivity index (χ1) is 8.10. The van der Waals surface area contributed by atoms with Gasteiger partial charge < -0.3 is 10.4 Å². The third-order valence-corrected chi connectivity index (χ3v) is 4.44. The molecule has 0 bridgehead atoms. The Hall–Kier alpha value is -0.120. The molecule has 0 spiro atoms. The first kappa shape index (κ1) is 13.3. The zero-order chi connectivity index (χ0) is 12.4. The molecule has 3 atom stereocenters. The smallest absolute Gasteiger partial charge is 0.0571 e. The average molecular weight is 240 g/mol. The van der Waals surface area contributed by atoms with Gasteiger partial charge in [-0.15, -0.1) is 0 Å². The average Bonchev–Trinajstić information content (AvgIpc) is 3.12. The van der Waals surface area contributed by atoms with E-state index in [9.17, 15) is 5.11 Å². The zero-order valence-corrected chi connectivity index (χ0v) is 11.5. The third kappa shape index (κ3) is 3.67. The minimum atomic E-state index is -0.0374. The number of rotatable bonds is 5. The van der Waals surface area contributed by atoms with Gasteiger partial charge in [0.15, 0.2) is 0 Å². The van der Waals surface area contributed by atoms with Crippen LogP contribution >= 0.6 is 0 Å². The van der Waals surface area contributed by atoms with E-state index in [-0.39, 0.29) is 6.10 Å². The summed E-state index contributed by atoms with van der Waals surface area (Å²) < 4.78 is 0. The normalized spacial score (nSPS) is 33.0. The number of aliphatic hydroxyl groups is 1. The number of aliphatic hydroxyl groups excluding tert-OH is 1. The molecule has 1 heterocycles. The second-order valence-electron chi connectivity index (χ2n) is 6.28. The lowest BCUT2D eigenvalue weighted by Gasteiger charge is -2.40. The van der Waals surface area contributed by atoms with Crippen LogP contribution in [0.1, 0.15) is 39.5 Å². The first-order valence-corrected chi connectivity index (χ1v) is 7.19. The van der Waals surface area contributed by atoms with E-state index < -0.39 is 0 Å². The van der Waals surface area contributed by atoms with Crippen molar-refractivity contribution in [2.24, 2.45) is 11.8 Å². The highest BCUT2D eigenvalue weighted by Crippen LogP contribution is 2.36. The molecule has 0 radical (unpaired) electrons. The SMILES string of the molecule is CNC1CC(CC(O)C2CC2)CN(C(C)C)C1. The van der Waals surface area contributed by atoms with Crippen molar-refractivity contribution in [3.05, 3.63) is 0 Å². The summed E-state index contributed by atoms with van der Waals surface area (Å²) >= 11 is 0. The van der Waals surface area contributed by atoms with Gasteiger partial charge in [0.1, 0.15) is 0 Å². The molecule has 1 saturated carbocycles.